The minimum absolute atomic E-state index is 0.655. The number of H-pyrrole nitrogens is 1. The third-order valence-electron chi connectivity index (χ3n) is 2.91. The molecule has 1 aliphatic rings. The van der Waals surface area contributed by atoms with Crippen molar-refractivity contribution in [2.45, 2.75) is 38.0 Å². The molecule has 4 heteroatoms. The van der Waals surface area contributed by atoms with Crippen LogP contribution in [0.3, 0.4) is 0 Å². The highest BCUT2D eigenvalue weighted by Gasteiger charge is 2.27. The molecule has 0 saturated heterocycles. The van der Waals surface area contributed by atoms with Gasteiger partial charge in [0.2, 0.25) is 0 Å². The van der Waals surface area contributed by atoms with Gasteiger partial charge in [0.15, 0.2) is 5.82 Å². The van der Waals surface area contributed by atoms with Crippen molar-refractivity contribution in [1.29, 1.82) is 0 Å². The van der Waals surface area contributed by atoms with E-state index in [1.165, 1.54) is 17.7 Å². The third kappa shape index (κ3) is 2.32. The molecule has 0 unspecified atom stereocenters. The van der Waals surface area contributed by atoms with Crippen LogP contribution in [0.1, 0.15) is 41.7 Å². The Morgan fingerprint density at radius 3 is 3.06 bits per heavy atom. The predicted octanol–water partition coefficient (Wildman–Crippen LogP) is 2.92. The number of aryl methyl sites for hydroxylation is 2. The molecule has 1 saturated carbocycles. The van der Waals surface area contributed by atoms with Gasteiger partial charge in [0, 0.05) is 17.2 Å². The van der Waals surface area contributed by atoms with E-state index in [0.29, 0.717) is 5.92 Å². The molecule has 0 amide bonds. The van der Waals surface area contributed by atoms with Crippen LogP contribution in [0.4, 0.5) is 0 Å². The lowest BCUT2D eigenvalue weighted by atomic mass is 10.2. The first-order valence-corrected chi connectivity index (χ1v) is 6.73. The Morgan fingerprint density at radius 1 is 1.38 bits per heavy atom. The third-order valence-corrected chi connectivity index (χ3v) is 3.84. The zero-order chi connectivity index (χ0) is 10.8. The first kappa shape index (κ1) is 10.0. The van der Waals surface area contributed by atoms with Crippen LogP contribution < -0.4 is 0 Å². The van der Waals surface area contributed by atoms with Gasteiger partial charge in [0.05, 0.1) is 0 Å². The quantitative estimate of drug-likeness (QED) is 0.862. The second-order valence-electron chi connectivity index (χ2n) is 4.35. The molecule has 1 aliphatic carbocycles. The zero-order valence-corrected chi connectivity index (χ0v) is 9.96. The van der Waals surface area contributed by atoms with E-state index in [4.69, 9.17) is 0 Å². The first-order chi connectivity index (χ1) is 7.92. The largest absolute Gasteiger partial charge is 0.263 e. The van der Waals surface area contributed by atoms with Crippen molar-refractivity contribution in [3.63, 3.8) is 0 Å². The lowest BCUT2D eigenvalue weighted by molar-refractivity contribution is 0.781. The van der Waals surface area contributed by atoms with Crippen molar-refractivity contribution in [2.24, 2.45) is 0 Å². The molecule has 3 nitrogen and oxygen atoms in total. The Labute approximate surface area is 98.9 Å². The van der Waals surface area contributed by atoms with Crippen LogP contribution in [0.5, 0.6) is 0 Å². The molecule has 0 aromatic carbocycles. The van der Waals surface area contributed by atoms with E-state index in [1.54, 1.807) is 0 Å². The monoisotopic (exact) mass is 233 g/mol. The van der Waals surface area contributed by atoms with E-state index in [9.17, 15) is 0 Å². The van der Waals surface area contributed by atoms with E-state index < -0.39 is 0 Å². The van der Waals surface area contributed by atoms with Crippen LogP contribution in [-0.2, 0) is 12.8 Å². The lowest BCUT2D eigenvalue weighted by Gasteiger charge is -1.95. The normalized spacial score (nSPS) is 15.5. The predicted molar refractivity (Wildman–Crippen MR) is 64.7 cm³/mol. The highest BCUT2D eigenvalue weighted by atomic mass is 32.1. The van der Waals surface area contributed by atoms with Crippen LogP contribution in [0.25, 0.3) is 0 Å². The van der Waals surface area contributed by atoms with E-state index in [2.05, 4.69) is 32.7 Å². The Balaban J connectivity index is 1.50. The standard InChI is InChI=1S/C12H15N3S/c1(3-10-4-2-8-16-10)5-11-13-12(15-14-11)9-6-7-9/h2,4,8-9H,1,3,5-7H2,(H,13,14,15). The van der Waals surface area contributed by atoms with E-state index in [-0.39, 0.29) is 0 Å². The first-order valence-electron chi connectivity index (χ1n) is 5.85. The summed E-state index contributed by atoms with van der Waals surface area (Å²) in [5.74, 6) is 2.74. The minimum Gasteiger partial charge on any atom is -0.263 e. The number of nitrogens with one attached hydrogen (secondary N) is 1. The van der Waals surface area contributed by atoms with Gasteiger partial charge in [0.1, 0.15) is 5.82 Å². The van der Waals surface area contributed by atoms with Gasteiger partial charge in [-0.25, -0.2) is 4.98 Å². The second kappa shape index (κ2) is 4.37. The van der Waals surface area contributed by atoms with Crippen LogP contribution in [0.2, 0.25) is 0 Å². The number of thiophene rings is 1. The molecule has 3 rings (SSSR count). The number of hydrogen-bond donors (Lipinski definition) is 1. The number of aromatic amines is 1. The highest BCUT2D eigenvalue weighted by Crippen LogP contribution is 2.37. The summed E-state index contributed by atoms with van der Waals surface area (Å²) < 4.78 is 0. The molecule has 0 atom stereocenters. The average molecular weight is 233 g/mol. The minimum atomic E-state index is 0.655. The van der Waals surface area contributed by atoms with Crippen molar-refractivity contribution in [3.05, 3.63) is 34.0 Å². The summed E-state index contributed by atoms with van der Waals surface area (Å²) in [6.45, 7) is 0. The van der Waals surface area contributed by atoms with Crippen LogP contribution in [0.15, 0.2) is 17.5 Å². The van der Waals surface area contributed by atoms with Crippen molar-refractivity contribution in [3.8, 4) is 0 Å². The van der Waals surface area contributed by atoms with Crippen LogP contribution in [0, 0.1) is 0 Å². The lowest BCUT2D eigenvalue weighted by Crippen LogP contribution is -1.91. The summed E-state index contributed by atoms with van der Waals surface area (Å²) in [6, 6.07) is 4.31. The molecule has 0 aliphatic heterocycles. The molecule has 1 fully saturated rings. The maximum Gasteiger partial charge on any atom is 0.153 e. The summed E-state index contributed by atoms with van der Waals surface area (Å²) in [5, 5.41) is 9.44. The van der Waals surface area contributed by atoms with Crippen molar-refractivity contribution in [1.82, 2.24) is 15.2 Å². The maximum absolute atomic E-state index is 4.53. The van der Waals surface area contributed by atoms with Crippen molar-refractivity contribution in [2.75, 3.05) is 0 Å². The van der Waals surface area contributed by atoms with E-state index in [0.717, 1.165) is 30.9 Å². The van der Waals surface area contributed by atoms with Crippen LogP contribution >= 0.6 is 11.3 Å². The molecular formula is C12H15N3S. The van der Waals surface area contributed by atoms with Gasteiger partial charge < -0.3 is 0 Å². The van der Waals surface area contributed by atoms with Gasteiger partial charge in [-0.1, -0.05) is 6.07 Å². The summed E-state index contributed by atoms with van der Waals surface area (Å²) in [7, 11) is 0. The molecule has 2 heterocycles. The second-order valence-corrected chi connectivity index (χ2v) is 5.38. The fourth-order valence-corrected chi connectivity index (χ4v) is 2.58. The molecule has 2 aromatic rings. The topological polar surface area (TPSA) is 41.6 Å². The van der Waals surface area contributed by atoms with Crippen molar-refractivity contribution >= 4 is 11.3 Å². The smallest absolute Gasteiger partial charge is 0.153 e. The molecular weight excluding hydrogens is 218 g/mol. The number of rotatable bonds is 5. The molecule has 0 radical (unpaired) electrons. The van der Waals surface area contributed by atoms with Gasteiger partial charge in [0.25, 0.3) is 0 Å². The van der Waals surface area contributed by atoms with Gasteiger partial charge in [-0.3, -0.25) is 5.10 Å². The number of hydrogen-bond acceptors (Lipinski definition) is 3. The average Bonchev–Trinajstić information content (AvgIpc) is 2.83. The molecule has 84 valence electrons. The maximum atomic E-state index is 4.53. The molecule has 0 bridgehead atoms. The summed E-state index contributed by atoms with van der Waals surface area (Å²) in [4.78, 5) is 5.99. The van der Waals surface area contributed by atoms with E-state index >= 15 is 0 Å². The fourth-order valence-electron chi connectivity index (χ4n) is 1.83. The van der Waals surface area contributed by atoms with Gasteiger partial charge in [-0.2, -0.15) is 5.10 Å². The fraction of sp³-hybridized carbons (Fsp3) is 0.500. The Bertz CT molecular complexity index is 443. The Morgan fingerprint density at radius 2 is 2.31 bits per heavy atom. The van der Waals surface area contributed by atoms with Crippen LogP contribution in [-0.4, -0.2) is 15.2 Å². The summed E-state index contributed by atoms with van der Waals surface area (Å²) >= 11 is 1.83. The SMILES string of the molecule is c1csc(CCCc2nc(C3CC3)n[nH]2)c1. The zero-order valence-electron chi connectivity index (χ0n) is 9.15. The van der Waals surface area contributed by atoms with Gasteiger partial charge in [-0.15, -0.1) is 11.3 Å². The number of aromatic nitrogens is 3. The summed E-state index contributed by atoms with van der Waals surface area (Å²) in [5.41, 5.74) is 0. The summed E-state index contributed by atoms with van der Waals surface area (Å²) in [6.07, 6.45) is 5.85. The molecule has 0 spiro atoms. The van der Waals surface area contributed by atoms with Crippen molar-refractivity contribution < 1.29 is 0 Å². The highest BCUT2D eigenvalue weighted by molar-refractivity contribution is 7.09. The number of nitrogens with zero attached hydrogens (tertiary/aromatic N) is 2. The van der Waals surface area contributed by atoms with Gasteiger partial charge >= 0.3 is 0 Å². The molecule has 1 N–H and O–H groups in total. The van der Waals surface area contributed by atoms with Gasteiger partial charge in [-0.05, 0) is 37.1 Å². The van der Waals surface area contributed by atoms with E-state index in [1.807, 2.05) is 11.3 Å². The Hall–Kier alpha value is -1.16. The molecule has 16 heavy (non-hydrogen) atoms. The molecule has 2 aromatic heterocycles. The Kier molecular flexibility index (Phi) is 2.74.